The molecule has 0 radical (unpaired) electrons. The Bertz CT molecular complexity index is 283. The van der Waals surface area contributed by atoms with E-state index in [1.807, 2.05) is 0 Å². The summed E-state index contributed by atoms with van der Waals surface area (Å²) in [7, 11) is 2.50. The highest BCUT2D eigenvalue weighted by atomic mass is 128. The molecule has 0 bridgehead atoms. The third-order valence-electron chi connectivity index (χ3n) is 1.82. The zero-order chi connectivity index (χ0) is 12.4. The van der Waals surface area contributed by atoms with E-state index in [4.69, 9.17) is 1.37 Å². The second-order valence-corrected chi connectivity index (χ2v) is 2.64. The highest BCUT2D eigenvalue weighted by Crippen LogP contribution is 2.13. The van der Waals surface area contributed by atoms with Crippen LogP contribution in [0.1, 0.15) is 8.29 Å². The number of hydrogen-bond donors (Lipinski definition) is 0. The Morgan fingerprint density at radius 1 is 1.14 bits per heavy atom. The van der Waals surface area contributed by atoms with Crippen LogP contribution in [0.25, 0.3) is 0 Å². The summed E-state index contributed by atoms with van der Waals surface area (Å²) in [6.07, 6.45) is 0. The molecule has 5 nitrogen and oxygen atoms in total. The third-order valence-corrected chi connectivity index (χ3v) is 1.82. The first kappa shape index (κ1) is 12.1. The minimum Gasteiger partial charge on any atom is -0.273 e. The van der Waals surface area contributed by atoms with Gasteiger partial charge in [-0.15, -0.1) is 0 Å². The number of carbonyl (C=O) groups excluding carboxylic acids is 3. The Balaban J connectivity index is 0.000000921. The van der Waals surface area contributed by atoms with E-state index in [0.29, 0.717) is 0 Å². The molecule has 0 aromatic heterocycles. The van der Waals surface area contributed by atoms with Gasteiger partial charge in [0.05, 0.1) is 1.37 Å². The van der Waals surface area contributed by atoms with Crippen LogP contribution in [-0.2, 0) is 9.59 Å². The average Bonchev–Trinajstić information content (AvgIpc) is 2.25. The fourth-order valence-corrected chi connectivity index (χ4v) is 0.993. The van der Waals surface area contributed by atoms with E-state index in [9.17, 15) is 14.4 Å². The second kappa shape index (κ2) is 5.83. The monoisotopic (exact) mass is 426 g/mol. The summed E-state index contributed by atoms with van der Waals surface area (Å²) in [5.41, 5.74) is 0. The van der Waals surface area contributed by atoms with Crippen LogP contribution < -0.4 is 0 Å². The molecule has 1 saturated heterocycles. The van der Waals surface area contributed by atoms with Crippen molar-refractivity contribution in [3.63, 3.8) is 0 Å². The van der Waals surface area contributed by atoms with E-state index in [-0.39, 0.29) is 0 Å². The molecule has 1 fully saturated rings. The van der Waals surface area contributed by atoms with Crippen LogP contribution in [0.3, 0.4) is 0 Å². The molecule has 1 heterocycles. The Hall–Kier alpha value is 0.0700. The Kier molecular flexibility index (Phi) is 5.06. The number of imide groups is 2. The molecule has 0 aromatic carbocycles. The number of hydrogen-bond acceptors (Lipinski definition) is 3. The number of amides is 4. The topological polar surface area (TPSA) is 57.7 Å². The molecular weight excluding hydrogens is 414 g/mol. The Morgan fingerprint density at radius 3 is 1.71 bits per heavy atom. The van der Waals surface area contributed by atoms with Crippen molar-refractivity contribution >= 4 is 55.1 Å². The molecule has 0 unspecified atom stereocenters. The number of nitrogens with zero attached hydrogens (tertiary/aromatic N) is 2. The first-order valence-electron chi connectivity index (χ1n) is 4.04. The number of urea groups is 1. The first-order valence-corrected chi connectivity index (χ1v) is 9.83. The molecule has 7 heteroatoms. The molecular formula is C7H10I2N2O3. The van der Waals surface area contributed by atoms with Crippen LogP contribution in [0.2, 0.25) is 0 Å². The Morgan fingerprint density at radius 2 is 1.43 bits per heavy atom. The maximum Gasteiger partial charge on any atom is 0.332 e. The Labute approximate surface area is 107 Å². The predicted octanol–water partition coefficient (Wildman–Crippen LogP) is 1.44. The third kappa shape index (κ3) is 2.55. The van der Waals surface area contributed by atoms with Gasteiger partial charge < -0.3 is 0 Å². The zero-order valence-electron chi connectivity index (χ0n) is 8.88. The van der Waals surface area contributed by atoms with Gasteiger partial charge >= 0.3 is 6.03 Å². The maximum absolute atomic E-state index is 11.3. The first-order chi connectivity index (χ1) is 6.80. The predicted molar refractivity (Wildman–Crippen MR) is 68.1 cm³/mol. The highest BCUT2D eigenvalue weighted by Gasteiger charge is 2.39. The quantitative estimate of drug-likeness (QED) is 0.436. The van der Waals surface area contributed by atoms with Crippen molar-refractivity contribution in [3.05, 3.63) is 0 Å². The van der Waals surface area contributed by atoms with E-state index < -0.39 is 23.7 Å². The lowest BCUT2D eigenvalue weighted by atomic mass is 10.1. The molecule has 0 aromatic rings. The largest absolute Gasteiger partial charge is 0.332 e. The lowest BCUT2D eigenvalue weighted by Gasteiger charge is -2.30. The molecule has 0 spiro atoms. The van der Waals surface area contributed by atoms with Crippen LogP contribution in [0.5, 0.6) is 0 Å². The van der Waals surface area contributed by atoms with Crippen molar-refractivity contribution in [2.75, 3.05) is 14.1 Å². The van der Waals surface area contributed by atoms with Gasteiger partial charge in [-0.1, -0.05) is 0 Å². The zero-order valence-corrected chi connectivity index (χ0v) is 12.2. The van der Waals surface area contributed by atoms with Gasteiger partial charge in [0.1, 0.15) is 5.89 Å². The van der Waals surface area contributed by atoms with E-state index in [1.54, 1.807) is 0 Å². The second-order valence-electron chi connectivity index (χ2n) is 2.64. The summed E-state index contributed by atoms with van der Waals surface area (Å²) >= 11 is 4.24. The molecule has 0 N–H and O–H groups in total. The van der Waals surface area contributed by atoms with Crippen molar-refractivity contribution in [1.82, 2.24) is 9.80 Å². The summed E-state index contributed by atoms with van der Waals surface area (Å²) in [4.78, 5) is 35.3. The van der Waals surface area contributed by atoms with Gasteiger partial charge in [0, 0.05) is 51.3 Å². The van der Waals surface area contributed by atoms with E-state index in [2.05, 4.69) is 37.2 Å². The normalized spacial score (nSPS) is 21.5. The van der Waals surface area contributed by atoms with Gasteiger partial charge in [0.25, 0.3) is 0 Å². The molecule has 0 atom stereocenters. The van der Waals surface area contributed by atoms with Gasteiger partial charge in [0.2, 0.25) is 11.8 Å². The fourth-order valence-electron chi connectivity index (χ4n) is 0.993. The van der Waals surface area contributed by atoms with Crippen LogP contribution in [0.15, 0.2) is 0 Å². The van der Waals surface area contributed by atoms with Crippen molar-refractivity contribution in [2.24, 2.45) is 5.89 Å². The minimum atomic E-state index is -1.88. The van der Waals surface area contributed by atoms with Crippen LogP contribution in [-0.4, -0.2) is 41.7 Å². The number of barbiturate groups is 1. The van der Waals surface area contributed by atoms with Crippen LogP contribution >= 0.6 is 37.2 Å². The summed E-state index contributed by atoms with van der Waals surface area (Å²) in [6, 6.07) is -0.695. The summed E-state index contributed by atoms with van der Waals surface area (Å²) in [6.45, 7) is 1.18. The van der Waals surface area contributed by atoms with E-state index in [0.717, 1.165) is 9.80 Å². The van der Waals surface area contributed by atoms with Crippen LogP contribution in [0.4, 0.5) is 4.79 Å². The van der Waals surface area contributed by atoms with Gasteiger partial charge in [0.15, 0.2) is 0 Å². The summed E-state index contributed by atoms with van der Waals surface area (Å²) in [5, 5.41) is 0. The van der Waals surface area contributed by atoms with Gasteiger partial charge in [-0.05, 0) is 6.92 Å². The molecule has 14 heavy (non-hydrogen) atoms. The molecule has 1 rings (SSSR count). The highest BCUT2D eigenvalue weighted by molar-refractivity contribution is 15.0. The van der Waals surface area contributed by atoms with E-state index in [1.165, 1.54) is 21.0 Å². The molecule has 1 aliphatic rings. The number of halogens is 2. The summed E-state index contributed by atoms with van der Waals surface area (Å²) in [5.74, 6) is -3.46. The minimum absolute atomic E-state index is 0.695. The van der Waals surface area contributed by atoms with Gasteiger partial charge in [-0.25, -0.2) is 4.79 Å². The van der Waals surface area contributed by atoms with Crippen molar-refractivity contribution in [1.29, 1.82) is 0 Å². The lowest BCUT2D eigenvalue weighted by molar-refractivity contribution is -0.146. The standard InChI is InChI=1S/C7H10N2O3.I2/c1-4-5(10)8(2)7(12)9(3)6(4)11;1-2/h4H,1-3H3;/i4T;. The van der Waals surface area contributed by atoms with Crippen molar-refractivity contribution in [2.45, 2.75) is 6.92 Å². The molecule has 0 saturated carbocycles. The number of carbonyl (C=O) groups is 3. The van der Waals surface area contributed by atoms with Crippen molar-refractivity contribution < 1.29 is 15.8 Å². The van der Waals surface area contributed by atoms with E-state index >= 15 is 0 Å². The van der Waals surface area contributed by atoms with Gasteiger partial charge in [-0.2, -0.15) is 0 Å². The molecule has 4 amide bonds. The maximum atomic E-state index is 11.3. The molecule has 80 valence electrons. The molecule has 0 aliphatic carbocycles. The smallest absolute Gasteiger partial charge is 0.273 e. The molecule has 1 aliphatic heterocycles. The SMILES string of the molecule is II.[3H]C1(C)C(=O)N(C)C(=O)N(C)C1=O. The number of rotatable bonds is 0. The lowest BCUT2D eigenvalue weighted by Crippen LogP contribution is -2.55. The van der Waals surface area contributed by atoms with Gasteiger partial charge in [-0.3, -0.25) is 19.4 Å². The van der Waals surface area contributed by atoms with Crippen LogP contribution in [0, 0.1) is 5.89 Å². The fraction of sp³-hybridized carbons (Fsp3) is 0.571. The summed E-state index contributed by atoms with van der Waals surface area (Å²) < 4.78 is 7.45. The van der Waals surface area contributed by atoms with Crippen molar-refractivity contribution in [3.8, 4) is 0 Å². The average molecular weight is 426 g/mol.